The molecule has 0 heterocycles. The van der Waals surface area contributed by atoms with Crippen LogP contribution in [0, 0.1) is 5.41 Å². The van der Waals surface area contributed by atoms with E-state index in [1.54, 1.807) is 6.92 Å². The Morgan fingerprint density at radius 1 is 1.08 bits per heavy atom. The van der Waals surface area contributed by atoms with Crippen molar-refractivity contribution >= 4 is 33.8 Å². The van der Waals surface area contributed by atoms with Crippen molar-refractivity contribution < 1.29 is 14.3 Å². The summed E-state index contributed by atoms with van der Waals surface area (Å²) in [6, 6.07) is 17.4. The SMILES string of the molecule is CCOC(=O)C(C/C=C/c1ccccc1)(Cc1ccccc1Br)C(C)=O. The summed E-state index contributed by atoms with van der Waals surface area (Å²) in [5, 5.41) is 0. The molecule has 0 aliphatic carbocycles. The Bertz CT molecular complexity index is 783. The summed E-state index contributed by atoms with van der Waals surface area (Å²) in [6.45, 7) is 3.46. The molecule has 0 bridgehead atoms. The van der Waals surface area contributed by atoms with Gasteiger partial charge in [-0.3, -0.25) is 9.59 Å². The second-order valence-electron chi connectivity index (χ2n) is 6.14. The molecule has 0 radical (unpaired) electrons. The largest absolute Gasteiger partial charge is 0.465 e. The van der Waals surface area contributed by atoms with Gasteiger partial charge in [0, 0.05) is 4.47 Å². The zero-order valence-electron chi connectivity index (χ0n) is 15.1. The first-order valence-corrected chi connectivity index (χ1v) is 9.42. The number of hydrogen-bond acceptors (Lipinski definition) is 3. The molecule has 0 saturated heterocycles. The van der Waals surface area contributed by atoms with E-state index in [9.17, 15) is 9.59 Å². The summed E-state index contributed by atoms with van der Waals surface area (Å²) in [6.07, 6.45) is 4.39. The lowest BCUT2D eigenvalue weighted by molar-refractivity contribution is -0.159. The first-order valence-electron chi connectivity index (χ1n) is 8.63. The van der Waals surface area contributed by atoms with E-state index in [1.807, 2.05) is 66.7 Å². The molecule has 136 valence electrons. The second kappa shape index (κ2) is 9.48. The van der Waals surface area contributed by atoms with Crippen molar-refractivity contribution in [1.82, 2.24) is 0 Å². The fourth-order valence-electron chi connectivity index (χ4n) is 2.84. The van der Waals surface area contributed by atoms with Crippen LogP contribution >= 0.6 is 15.9 Å². The molecular weight excluding hydrogens is 392 g/mol. The summed E-state index contributed by atoms with van der Waals surface area (Å²) >= 11 is 3.51. The Hall–Kier alpha value is -2.20. The van der Waals surface area contributed by atoms with Crippen LogP contribution in [0.5, 0.6) is 0 Å². The molecular formula is C22H23BrO3. The van der Waals surface area contributed by atoms with Crippen LogP contribution < -0.4 is 0 Å². The van der Waals surface area contributed by atoms with E-state index in [1.165, 1.54) is 6.92 Å². The normalized spacial score (nSPS) is 13.3. The van der Waals surface area contributed by atoms with Crippen LogP contribution in [0.15, 0.2) is 65.1 Å². The van der Waals surface area contributed by atoms with Gasteiger partial charge < -0.3 is 4.74 Å². The molecule has 0 aliphatic heterocycles. The lowest BCUT2D eigenvalue weighted by atomic mass is 9.75. The van der Waals surface area contributed by atoms with Gasteiger partial charge >= 0.3 is 5.97 Å². The van der Waals surface area contributed by atoms with Crippen LogP contribution in [-0.4, -0.2) is 18.4 Å². The molecule has 3 nitrogen and oxygen atoms in total. The van der Waals surface area contributed by atoms with E-state index < -0.39 is 11.4 Å². The lowest BCUT2D eigenvalue weighted by Crippen LogP contribution is -2.41. The molecule has 0 saturated carbocycles. The minimum absolute atomic E-state index is 0.190. The van der Waals surface area contributed by atoms with Crippen molar-refractivity contribution in [3.05, 3.63) is 76.3 Å². The average Bonchev–Trinajstić information content (AvgIpc) is 2.63. The van der Waals surface area contributed by atoms with Crippen molar-refractivity contribution in [3.8, 4) is 0 Å². The number of carbonyl (C=O) groups is 2. The Balaban J connectivity index is 2.36. The molecule has 2 aromatic rings. The predicted molar refractivity (Wildman–Crippen MR) is 108 cm³/mol. The molecule has 0 N–H and O–H groups in total. The van der Waals surface area contributed by atoms with Crippen LogP contribution in [0.4, 0.5) is 0 Å². The fraction of sp³-hybridized carbons (Fsp3) is 0.273. The van der Waals surface area contributed by atoms with E-state index in [-0.39, 0.29) is 18.8 Å². The summed E-state index contributed by atoms with van der Waals surface area (Å²) in [5.74, 6) is -0.662. The maximum Gasteiger partial charge on any atom is 0.320 e. The van der Waals surface area contributed by atoms with Gasteiger partial charge in [0.2, 0.25) is 0 Å². The standard InChI is InChI=1S/C22H23BrO3/c1-3-26-21(25)22(17(2)24,16-19-13-7-8-14-20(19)23)15-9-12-18-10-5-4-6-11-18/h4-14H,3,15-16H2,1-2H3/b12-9+. The number of ketones is 1. The van der Waals surface area contributed by atoms with Gasteiger partial charge in [0.05, 0.1) is 6.61 Å². The third-order valence-electron chi connectivity index (χ3n) is 4.37. The van der Waals surface area contributed by atoms with Gasteiger partial charge in [0.25, 0.3) is 0 Å². The summed E-state index contributed by atoms with van der Waals surface area (Å²) in [4.78, 5) is 25.4. The molecule has 2 aromatic carbocycles. The Morgan fingerprint density at radius 3 is 2.35 bits per heavy atom. The molecule has 0 fully saturated rings. The van der Waals surface area contributed by atoms with E-state index >= 15 is 0 Å². The quantitative estimate of drug-likeness (QED) is 0.438. The number of esters is 1. The maximum absolute atomic E-state index is 12.8. The van der Waals surface area contributed by atoms with E-state index in [0.717, 1.165) is 15.6 Å². The van der Waals surface area contributed by atoms with Crippen LogP contribution in [0.2, 0.25) is 0 Å². The lowest BCUT2D eigenvalue weighted by Gasteiger charge is -2.28. The van der Waals surface area contributed by atoms with Crippen molar-refractivity contribution in [2.45, 2.75) is 26.7 Å². The number of rotatable bonds is 8. The topological polar surface area (TPSA) is 43.4 Å². The van der Waals surface area contributed by atoms with Gasteiger partial charge in [0.1, 0.15) is 11.2 Å². The second-order valence-corrected chi connectivity index (χ2v) is 7.00. The molecule has 0 spiro atoms. The first-order chi connectivity index (χ1) is 12.5. The van der Waals surface area contributed by atoms with Gasteiger partial charge in [-0.2, -0.15) is 0 Å². The molecule has 1 unspecified atom stereocenters. The number of ether oxygens (including phenoxy) is 1. The molecule has 2 rings (SSSR count). The summed E-state index contributed by atoms with van der Waals surface area (Å²) < 4.78 is 6.15. The molecule has 0 aromatic heterocycles. The van der Waals surface area contributed by atoms with E-state index in [4.69, 9.17) is 4.74 Å². The first kappa shape index (κ1) is 20.1. The Kier molecular flexibility index (Phi) is 7.34. The van der Waals surface area contributed by atoms with Crippen molar-refractivity contribution in [2.24, 2.45) is 5.41 Å². The zero-order valence-corrected chi connectivity index (χ0v) is 16.7. The van der Waals surface area contributed by atoms with Gasteiger partial charge in [-0.15, -0.1) is 0 Å². The zero-order chi connectivity index (χ0) is 19.0. The predicted octanol–water partition coefficient (Wildman–Crippen LogP) is 5.23. The molecule has 4 heteroatoms. The highest BCUT2D eigenvalue weighted by Gasteiger charge is 2.44. The van der Waals surface area contributed by atoms with Crippen LogP contribution in [-0.2, 0) is 20.7 Å². The van der Waals surface area contributed by atoms with Crippen molar-refractivity contribution in [3.63, 3.8) is 0 Å². The highest BCUT2D eigenvalue weighted by molar-refractivity contribution is 9.10. The minimum Gasteiger partial charge on any atom is -0.465 e. The van der Waals surface area contributed by atoms with Gasteiger partial charge in [0.15, 0.2) is 0 Å². The molecule has 0 amide bonds. The van der Waals surface area contributed by atoms with Crippen molar-refractivity contribution in [1.29, 1.82) is 0 Å². The van der Waals surface area contributed by atoms with Gasteiger partial charge in [-0.05, 0) is 43.9 Å². The van der Waals surface area contributed by atoms with E-state index in [0.29, 0.717) is 6.42 Å². The fourth-order valence-corrected chi connectivity index (χ4v) is 3.26. The number of hydrogen-bond donors (Lipinski definition) is 0. The van der Waals surface area contributed by atoms with Crippen LogP contribution in [0.3, 0.4) is 0 Å². The number of allylic oxidation sites excluding steroid dienone is 1. The molecule has 26 heavy (non-hydrogen) atoms. The highest BCUT2D eigenvalue weighted by atomic mass is 79.9. The van der Waals surface area contributed by atoms with Crippen LogP contribution in [0.1, 0.15) is 31.4 Å². The maximum atomic E-state index is 12.8. The number of benzene rings is 2. The van der Waals surface area contributed by atoms with Gasteiger partial charge in [-0.1, -0.05) is 76.6 Å². The van der Waals surface area contributed by atoms with Gasteiger partial charge in [-0.25, -0.2) is 0 Å². The minimum atomic E-state index is -1.23. The molecule has 0 aliphatic rings. The van der Waals surface area contributed by atoms with E-state index in [2.05, 4.69) is 15.9 Å². The Labute approximate surface area is 163 Å². The summed E-state index contributed by atoms with van der Waals surface area (Å²) in [7, 11) is 0. The number of Topliss-reactive ketones (excluding diaryl/α,β-unsaturated/α-hetero) is 1. The third-order valence-corrected chi connectivity index (χ3v) is 5.14. The average molecular weight is 415 g/mol. The monoisotopic (exact) mass is 414 g/mol. The van der Waals surface area contributed by atoms with Crippen LogP contribution in [0.25, 0.3) is 6.08 Å². The number of halogens is 1. The smallest absolute Gasteiger partial charge is 0.320 e. The Morgan fingerprint density at radius 2 is 1.73 bits per heavy atom. The third kappa shape index (κ3) is 4.92. The summed E-state index contributed by atoms with van der Waals surface area (Å²) in [5.41, 5.74) is 0.698. The molecule has 1 atom stereocenters. The highest BCUT2D eigenvalue weighted by Crippen LogP contribution is 2.34. The number of carbonyl (C=O) groups excluding carboxylic acids is 2. The van der Waals surface area contributed by atoms with Crippen molar-refractivity contribution in [2.75, 3.05) is 6.61 Å².